The van der Waals surface area contributed by atoms with Crippen molar-refractivity contribution in [2.75, 3.05) is 5.75 Å². The first kappa shape index (κ1) is 16.1. The summed E-state index contributed by atoms with van der Waals surface area (Å²) in [5.74, 6) is 0.937. The van der Waals surface area contributed by atoms with Crippen LogP contribution in [-0.2, 0) is 18.3 Å². The zero-order chi connectivity index (χ0) is 16.6. The van der Waals surface area contributed by atoms with Gasteiger partial charge in [0.15, 0.2) is 0 Å². The van der Waals surface area contributed by atoms with Crippen LogP contribution in [0.1, 0.15) is 35.4 Å². The number of rotatable bonds is 4. The van der Waals surface area contributed by atoms with Crippen LogP contribution in [0.5, 0.6) is 0 Å². The van der Waals surface area contributed by atoms with E-state index in [-0.39, 0.29) is 17.9 Å². The first-order valence-electron chi connectivity index (χ1n) is 7.98. The summed E-state index contributed by atoms with van der Waals surface area (Å²) < 4.78 is 1.91. The summed E-state index contributed by atoms with van der Waals surface area (Å²) in [5, 5.41) is 7.64. The Bertz CT molecular complexity index is 738. The molecule has 0 fully saturated rings. The molecule has 1 aromatic heterocycles. The average Bonchev–Trinajstić information content (AvgIpc) is 3.04. The standard InChI is InChI=1S/C18H23N3OS/c1-11(9-15-12(2)20-21(4)13(15)3)19-18(22)16-10-23-17-8-6-5-7-14(16)17/h5-8,11,16H,9-10H2,1-4H3,(H,19,22)/t11-,16+/m0/s1. The molecule has 1 amide bonds. The zero-order valence-electron chi connectivity index (χ0n) is 14.1. The van der Waals surface area contributed by atoms with Crippen molar-refractivity contribution in [1.29, 1.82) is 0 Å². The minimum atomic E-state index is -0.0326. The minimum Gasteiger partial charge on any atom is -0.353 e. The van der Waals surface area contributed by atoms with Gasteiger partial charge in [0.2, 0.25) is 5.91 Å². The molecule has 0 spiro atoms. The third kappa shape index (κ3) is 3.15. The molecular formula is C18H23N3OS. The highest BCUT2D eigenvalue weighted by Gasteiger charge is 2.29. The monoisotopic (exact) mass is 329 g/mol. The quantitative estimate of drug-likeness (QED) is 0.938. The van der Waals surface area contributed by atoms with Crippen molar-refractivity contribution < 1.29 is 4.79 Å². The number of hydrogen-bond donors (Lipinski definition) is 1. The fourth-order valence-electron chi connectivity index (χ4n) is 3.19. The molecule has 0 radical (unpaired) electrons. The van der Waals surface area contributed by atoms with Gasteiger partial charge >= 0.3 is 0 Å². The highest BCUT2D eigenvalue weighted by Crippen LogP contribution is 2.39. The van der Waals surface area contributed by atoms with Crippen molar-refractivity contribution in [3.63, 3.8) is 0 Å². The fourth-order valence-corrected chi connectivity index (χ4v) is 4.42. The summed E-state index contributed by atoms with van der Waals surface area (Å²) in [6, 6.07) is 8.31. The number of hydrogen-bond acceptors (Lipinski definition) is 3. The van der Waals surface area contributed by atoms with Crippen LogP contribution in [0.15, 0.2) is 29.2 Å². The maximum atomic E-state index is 12.6. The normalized spacial score (nSPS) is 17.8. The molecule has 1 aliphatic rings. The van der Waals surface area contributed by atoms with Crippen molar-refractivity contribution in [3.05, 3.63) is 46.8 Å². The Balaban J connectivity index is 1.67. The van der Waals surface area contributed by atoms with Crippen molar-refractivity contribution in [3.8, 4) is 0 Å². The molecule has 5 heteroatoms. The van der Waals surface area contributed by atoms with Crippen LogP contribution in [0, 0.1) is 13.8 Å². The Kier molecular flexibility index (Phi) is 4.48. The molecule has 1 N–H and O–H groups in total. The van der Waals surface area contributed by atoms with E-state index >= 15 is 0 Å². The number of carbonyl (C=O) groups is 1. The second-order valence-electron chi connectivity index (χ2n) is 6.29. The summed E-state index contributed by atoms with van der Waals surface area (Å²) in [6.45, 7) is 6.17. The van der Waals surface area contributed by atoms with Gasteiger partial charge in [0.25, 0.3) is 0 Å². The lowest BCUT2D eigenvalue weighted by molar-refractivity contribution is -0.122. The van der Waals surface area contributed by atoms with E-state index in [0.29, 0.717) is 0 Å². The molecule has 4 nitrogen and oxygen atoms in total. The van der Waals surface area contributed by atoms with E-state index in [4.69, 9.17) is 0 Å². The molecule has 122 valence electrons. The van der Waals surface area contributed by atoms with E-state index in [0.717, 1.165) is 23.4 Å². The Morgan fingerprint density at radius 2 is 2.17 bits per heavy atom. The predicted molar refractivity (Wildman–Crippen MR) is 93.9 cm³/mol. The van der Waals surface area contributed by atoms with Gasteiger partial charge < -0.3 is 5.32 Å². The van der Waals surface area contributed by atoms with Crippen LogP contribution in [0.4, 0.5) is 0 Å². The number of carbonyl (C=O) groups excluding carboxylic acids is 1. The van der Waals surface area contributed by atoms with E-state index in [9.17, 15) is 4.79 Å². The second-order valence-corrected chi connectivity index (χ2v) is 7.35. The van der Waals surface area contributed by atoms with E-state index in [1.165, 1.54) is 16.2 Å². The minimum absolute atomic E-state index is 0.0326. The maximum Gasteiger partial charge on any atom is 0.228 e. The SMILES string of the molecule is Cc1nn(C)c(C)c1C[C@H](C)NC(=O)[C@@H]1CSc2ccccc21. The lowest BCUT2D eigenvalue weighted by atomic mass is 9.99. The van der Waals surface area contributed by atoms with Crippen molar-refractivity contribution in [1.82, 2.24) is 15.1 Å². The first-order valence-corrected chi connectivity index (χ1v) is 8.97. The third-order valence-electron chi connectivity index (χ3n) is 4.57. The van der Waals surface area contributed by atoms with E-state index in [1.54, 1.807) is 11.8 Å². The molecule has 2 heterocycles. The molecule has 2 atom stereocenters. The van der Waals surface area contributed by atoms with Gasteiger partial charge in [0.1, 0.15) is 0 Å². The van der Waals surface area contributed by atoms with Gasteiger partial charge in [-0.05, 0) is 44.4 Å². The summed E-state index contributed by atoms with van der Waals surface area (Å²) in [6.07, 6.45) is 0.818. The molecule has 1 aromatic carbocycles. The van der Waals surface area contributed by atoms with E-state index < -0.39 is 0 Å². The summed E-state index contributed by atoms with van der Waals surface area (Å²) in [7, 11) is 1.96. The third-order valence-corrected chi connectivity index (χ3v) is 5.76. The molecule has 0 aliphatic carbocycles. The van der Waals surface area contributed by atoms with Crippen molar-refractivity contribution >= 4 is 17.7 Å². The van der Waals surface area contributed by atoms with Gasteiger partial charge in [-0.3, -0.25) is 9.48 Å². The van der Waals surface area contributed by atoms with Gasteiger partial charge in [-0.1, -0.05) is 18.2 Å². The number of amides is 1. The zero-order valence-corrected chi connectivity index (χ0v) is 14.9. The number of nitrogens with zero attached hydrogens (tertiary/aromatic N) is 2. The summed E-state index contributed by atoms with van der Waals surface area (Å²) in [4.78, 5) is 13.9. The Morgan fingerprint density at radius 1 is 1.43 bits per heavy atom. The molecule has 0 saturated heterocycles. The molecule has 0 unspecified atom stereocenters. The lowest BCUT2D eigenvalue weighted by Gasteiger charge is -2.18. The van der Waals surface area contributed by atoms with Crippen LogP contribution in [0.2, 0.25) is 0 Å². The molecule has 2 aromatic rings. The van der Waals surface area contributed by atoms with Crippen molar-refractivity contribution in [2.45, 2.75) is 44.0 Å². The average molecular weight is 329 g/mol. The summed E-state index contributed by atoms with van der Waals surface area (Å²) in [5.41, 5.74) is 4.62. The molecule has 3 rings (SSSR count). The highest BCUT2D eigenvalue weighted by atomic mass is 32.2. The Morgan fingerprint density at radius 3 is 2.87 bits per heavy atom. The van der Waals surface area contributed by atoms with Crippen LogP contribution >= 0.6 is 11.8 Å². The second kappa shape index (κ2) is 6.40. The van der Waals surface area contributed by atoms with Gasteiger partial charge in [-0.2, -0.15) is 5.10 Å². The first-order chi connectivity index (χ1) is 11.0. The lowest BCUT2D eigenvalue weighted by Crippen LogP contribution is -2.37. The topological polar surface area (TPSA) is 46.9 Å². The number of nitrogens with one attached hydrogen (secondary N) is 1. The summed E-state index contributed by atoms with van der Waals surface area (Å²) >= 11 is 1.77. The van der Waals surface area contributed by atoms with Crippen LogP contribution in [0.3, 0.4) is 0 Å². The van der Waals surface area contributed by atoms with Crippen LogP contribution in [-0.4, -0.2) is 27.5 Å². The molecule has 23 heavy (non-hydrogen) atoms. The van der Waals surface area contributed by atoms with Gasteiger partial charge in [-0.25, -0.2) is 0 Å². The van der Waals surface area contributed by atoms with Gasteiger partial charge in [0, 0.05) is 29.4 Å². The number of thioether (sulfide) groups is 1. The van der Waals surface area contributed by atoms with E-state index in [1.807, 2.05) is 30.8 Å². The van der Waals surface area contributed by atoms with Gasteiger partial charge in [0.05, 0.1) is 11.6 Å². The molecule has 0 saturated carbocycles. The smallest absolute Gasteiger partial charge is 0.228 e. The number of benzene rings is 1. The molecule has 1 aliphatic heterocycles. The van der Waals surface area contributed by atoms with Crippen molar-refractivity contribution in [2.24, 2.45) is 7.05 Å². The van der Waals surface area contributed by atoms with E-state index in [2.05, 4.69) is 36.4 Å². The molecular weight excluding hydrogens is 306 g/mol. The fraction of sp³-hybridized carbons (Fsp3) is 0.444. The maximum absolute atomic E-state index is 12.6. The van der Waals surface area contributed by atoms with Crippen LogP contribution < -0.4 is 5.32 Å². The van der Waals surface area contributed by atoms with Crippen LogP contribution in [0.25, 0.3) is 0 Å². The Labute approximate surface area is 141 Å². The predicted octanol–water partition coefficient (Wildman–Crippen LogP) is 2.97. The molecule has 0 bridgehead atoms. The highest BCUT2D eigenvalue weighted by molar-refractivity contribution is 7.99. The Hall–Kier alpha value is -1.75. The van der Waals surface area contributed by atoms with Gasteiger partial charge in [-0.15, -0.1) is 11.8 Å². The number of aryl methyl sites for hydroxylation is 2. The largest absolute Gasteiger partial charge is 0.353 e. The number of fused-ring (bicyclic) bond motifs is 1. The number of aromatic nitrogens is 2.